The van der Waals surface area contributed by atoms with Crippen molar-refractivity contribution in [3.05, 3.63) is 21.9 Å². The number of aromatic nitrogens is 2. The molecule has 1 aliphatic carbocycles. The Kier molecular flexibility index (Phi) is 3.21. The highest BCUT2D eigenvalue weighted by molar-refractivity contribution is 7.16. The molecule has 4 nitrogen and oxygen atoms in total. The molecule has 1 fully saturated rings. The van der Waals surface area contributed by atoms with Crippen molar-refractivity contribution in [3.8, 4) is 0 Å². The maximum Gasteiger partial charge on any atom is 0.417 e. The van der Waals surface area contributed by atoms with Gasteiger partial charge in [-0.2, -0.15) is 13.2 Å². The largest absolute Gasteiger partial charge is 0.417 e. The third-order valence-corrected chi connectivity index (χ3v) is 5.30. The summed E-state index contributed by atoms with van der Waals surface area (Å²) in [6, 6.07) is 1.83. The molecule has 0 amide bonds. The van der Waals surface area contributed by atoms with Gasteiger partial charge in [-0.3, -0.25) is 9.13 Å². The van der Waals surface area contributed by atoms with Gasteiger partial charge in [-0.15, -0.1) is 11.3 Å². The first-order valence-electron chi connectivity index (χ1n) is 6.53. The number of ether oxygens (including phenoxy) is 1. The summed E-state index contributed by atoms with van der Waals surface area (Å²) in [6.07, 6.45) is -4.56. The van der Waals surface area contributed by atoms with E-state index in [2.05, 4.69) is 0 Å². The number of nitrogens with zero attached hydrogens (tertiary/aromatic N) is 2. The van der Waals surface area contributed by atoms with E-state index < -0.39 is 11.8 Å². The summed E-state index contributed by atoms with van der Waals surface area (Å²) >= 11 is 1.45. The Balaban J connectivity index is 1.82. The molecule has 0 aliphatic heterocycles. The average Bonchev–Trinajstić information content (AvgIpc) is 2.90. The van der Waals surface area contributed by atoms with Crippen molar-refractivity contribution < 1.29 is 17.9 Å². The van der Waals surface area contributed by atoms with Crippen molar-refractivity contribution in [3.63, 3.8) is 0 Å². The van der Waals surface area contributed by atoms with Crippen LogP contribution in [0.4, 0.5) is 13.2 Å². The number of halogens is 3. The minimum absolute atomic E-state index is 0.0973. The van der Waals surface area contributed by atoms with Gasteiger partial charge >= 0.3 is 11.9 Å². The van der Waals surface area contributed by atoms with Gasteiger partial charge < -0.3 is 4.74 Å². The molecule has 0 atom stereocenters. The standard InChI is InChI=1S/C13H15F3N2O2S/c1-17-10-9(3-4-21-10)18(11(17)19)7-8-5-12(6-8,20-2)13(14,15)16/h3-4,8H,5-7H2,1-2H3. The summed E-state index contributed by atoms with van der Waals surface area (Å²) < 4.78 is 46.7. The number of methoxy groups -OCH3 is 1. The first-order valence-corrected chi connectivity index (χ1v) is 7.41. The topological polar surface area (TPSA) is 36.2 Å². The van der Waals surface area contributed by atoms with Crippen LogP contribution in [0.1, 0.15) is 12.8 Å². The molecule has 0 aromatic carbocycles. The molecular formula is C13H15F3N2O2S. The highest BCUT2D eigenvalue weighted by Crippen LogP contribution is 2.51. The molecular weight excluding hydrogens is 305 g/mol. The van der Waals surface area contributed by atoms with Crippen LogP contribution >= 0.6 is 11.3 Å². The fourth-order valence-corrected chi connectivity index (χ4v) is 3.93. The zero-order chi connectivity index (χ0) is 15.4. The zero-order valence-corrected chi connectivity index (χ0v) is 12.4. The van der Waals surface area contributed by atoms with Crippen molar-refractivity contribution in [2.24, 2.45) is 13.0 Å². The average molecular weight is 320 g/mol. The second-order valence-electron chi connectivity index (χ2n) is 5.53. The molecule has 1 saturated carbocycles. The maximum absolute atomic E-state index is 13.0. The van der Waals surface area contributed by atoms with Crippen LogP contribution in [-0.4, -0.2) is 28.0 Å². The van der Waals surface area contributed by atoms with Gasteiger partial charge in [0, 0.05) is 20.7 Å². The molecule has 2 aromatic rings. The van der Waals surface area contributed by atoms with Crippen LogP contribution in [0.25, 0.3) is 10.3 Å². The van der Waals surface area contributed by atoms with Gasteiger partial charge in [-0.25, -0.2) is 4.79 Å². The summed E-state index contributed by atoms with van der Waals surface area (Å²) in [5, 5.41) is 1.87. The molecule has 8 heteroatoms. The minimum Gasteiger partial charge on any atom is -0.369 e. The molecule has 0 bridgehead atoms. The van der Waals surface area contributed by atoms with Gasteiger partial charge in [-0.1, -0.05) is 0 Å². The number of fused-ring (bicyclic) bond motifs is 1. The number of aryl methyl sites for hydroxylation is 1. The summed E-state index contributed by atoms with van der Waals surface area (Å²) in [4.78, 5) is 13.0. The summed E-state index contributed by atoms with van der Waals surface area (Å²) in [5.41, 5.74) is -1.43. The van der Waals surface area contributed by atoms with Crippen LogP contribution in [0, 0.1) is 5.92 Å². The fourth-order valence-electron chi connectivity index (χ4n) is 3.07. The quantitative estimate of drug-likeness (QED) is 0.872. The summed E-state index contributed by atoms with van der Waals surface area (Å²) in [7, 11) is 2.77. The van der Waals surface area contributed by atoms with Gasteiger partial charge in [0.25, 0.3) is 0 Å². The number of imidazole rings is 1. The SMILES string of the molecule is COC1(C(F)(F)F)CC(Cn2c(=O)n(C)c3sccc32)C1. The van der Waals surface area contributed by atoms with E-state index in [1.54, 1.807) is 11.6 Å². The number of rotatable bonds is 3. The molecule has 0 saturated heterocycles. The number of alkyl halides is 3. The van der Waals surface area contributed by atoms with E-state index in [0.717, 1.165) is 17.5 Å². The van der Waals surface area contributed by atoms with Crippen LogP contribution in [-0.2, 0) is 18.3 Å². The maximum atomic E-state index is 13.0. The first kappa shape index (κ1) is 14.6. The van der Waals surface area contributed by atoms with E-state index in [1.807, 2.05) is 11.4 Å². The van der Waals surface area contributed by atoms with Crippen LogP contribution in [0.15, 0.2) is 16.2 Å². The van der Waals surface area contributed by atoms with Crippen molar-refractivity contribution in [2.45, 2.75) is 31.2 Å². The monoisotopic (exact) mass is 320 g/mol. The predicted molar refractivity (Wildman–Crippen MR) is 73.6 cm³/mol. The second-order valence-corrected chi connectivity index (χ2v) is 6.43. The lowest BCUT2D eigenvalue weighted by molar-refractivity contribution is -0.309. The molecule has 3 rings (SSSR count). The number of hydrogen-bond donors (Lipinski definition) is 0. The predicted octanol–water partition coefficient (Wildman–Crippen LogP) is 2.76. The number of hydrogen-bond acceptors (Lipinski definition) is 3. The molecule has 116 valence electrons. The Hall–Kier alpha value is -1.28. The second kappa shape index (κ2) is 4.61. The number of thiophene rings is 1. The molecule has 1 aliphatic rings. The van der Waals surface area contributed by atoms with E-state index in [9.17, 15) is 18.0 Å². The normalized spacial score (nSPS) is 26.2. The Morgan fingerprint density at radius 1 is 1.48 bits per heavy atom. The minimum atomic E-state index is -4.36. The Labute approximate surface area is 122 Å². The van der Waals surface area contributed by atoms with Crippen molar-refractivity contribution in [1.82, 2.24) is 9.13 Å². The summed E-state index contributed by atoms with van der Waals surface area (Å²) in [5.74, 6) is -0.199. The molecule has 0 spiro atoms. The van der Waals surface area contributed by atoms with Gasteiger partial charge in [0.15, 0.2) is 5.60 Å². The van der Waals surface area contributed by atoms with Crippen molar-refractivity contribution in [2.75, 3.05) is 7.11 Å². The highest BCUT2D eigenvalue weighted by atomic mass is 32.1. The van der Waals surface area contributed by atoms with Gasteiger partial charge in [0.05, 0.1) is 5.52 Å². The highest BCUT2D eigenvalue weighted by Gasteiger charge is 2.62. The van der Waals surface area contributed by atoms with Crippen molar-refractivity contribution >= 4 is 21.7 Å². The van der Waals surface area contributed by atoms with Crippen LogP contribution < -0.4 is 5.69 Å². The summed E-state index contributed by atoms with van der Waals surface area (Å²) in [6.45, 7) is 0.300. The Morgan fingerprint density at radius 2 is 2.14 bits per heavy atom. The molecule has 0 N–H and O–H groups in total. The fraction of sp³-hybridized carbons (Fsp3) is 0.615. The van der Waals surface area contributed by atoms with Gasteiger partial charge in [0.1, 0.15) is 4.83 Å². The van der Waals surface area contributed by atoms with Crippen LogP contribution in [0.2, 0.25) is 0 Å². The van der Waals surface area contributed by atoms with Gasteiger partial charge in [0.2, 0.25) is 0 Å². The van der Waals surface area contributed by atoms with E-state index in [0.29, 0.717) is 6.54 Å². The Morgan fingerprint density at radius 3 is 2.71 bits per heavy atom. The zero-order valence-electron chi connectivity index (χ0n) is 11.6. The van der Waals surface area contributed by atoms with Gasteiger partial charge in [-0.05, 0) is 30.2 Å². The smallest absolute Gasteiger partial charge is 0.369 e. The van der Waals surface area contributed by atoms with E-state index in [-0.39, 0.29) is 24.4 Å². The molecule has 2 aromatic heterocycles. The van der Waals surface area contributed by atoms with E-state index in [4.69, 9.17) is 4.74 Å². The Bertz CT molecular complexity index is 722. The van der Waals surface area contributed by atoms with Crippen molar-refractivity contribution in [1.29, 1.82) is 0 Å². The molecule has 2 heterocycles. The molecule has 21 heavy (non-hydrogen) atoms. The third kappa shape index (κ3) is 2.03. The molecule has 0 unspecified atom stereocenters. The first-order chi connectivity index (χ1) is 9.79. The third-order valence-electron chi connectivity index (χ3n) is 4.32. The lowest BCUT2D eigenvalue weighted by Crippen LogP contribution is -2.57. The lowest BCUT2D eigenvalue weighted by atomic mass is 9.70. The van der Waals surface area contributed by atoms with Crippen LogP contribution in [0.3, 0.4) is 0 Å². The van der Waals surface area contributed by atoms with E-state index in [1.165, 1.54) is 15.9 Å². The lowest BCUT2D eigenvalue weighted by Gasteiger charge is -2.47. The molecule has 0 radical (unpaired) electrons. The van der Waals surface area contributed by atoms with Crippen LogP contribution in [0.5, 0.6) is 0 Å². The van der Waals surface area contributed by atoms with E-state index >= 15 is 0 Å².